The quantitative estimate of drug-likeness (QED) is 0.486. The fraction of sp³-hybridized carbons (Fsp3) is 0.158. The van der Waals surface area contributed by atoms with Gasteiger partial charge >= 0.3 is 0 Å². The van der Waals surface area contributed by atoms with Crippen LogP contribution in [0.4, 0.5) is 10.8 Å². The number of nitrogens with one attached hydrogen (secondary N) is 1. The Labute approximate surface area is 169 Å². The molecular weight excluding hydrogens is 398 g/mol. The number of carbonyl (C=O) groups excluding carboxylic acids is 1. The Morgan fingerprint density at radius 1 is 1.17 bits per heavy atom. The van der Waals surface area contributed by atoms with Crippen LogP contribution in [0.5, 0.6) is 17.2 Å². The molecule has 1 aliphatic rings. The van der Waals surface area contributed by atoms with Gasteiger partial charge in [0.2, 0.25) is 0 Å². The molecule has 0 fully saturated rings. The normalized spacial score (nSPS) is 12.3. The number of ether oxygens (including phenoxy) is 3. The Kier molecular flexibility index (Phi) is 5.25. The molecule has 1 amide bonds. The van der Waals surface area contributed by atoms with Crippen LogP contribution in [0.3, 0.4) is 0 Å². The van der Waals surface area contributed by atoms with E-state index in [0.29, 0.717) is 41.3 Å². The number of nitro benzene ring substituents is 1. The Balaban J connectivity index is 1.35. The molecule has 0 saturated carbocycles. The summed E-state index contributed by atoms with van der Waals surface area (Å²) in [5, 5.41) is 15.6. The number of hydrogen-bond donors (Lipinski definition) is 1. The van der Waals surface area contributed by atoms with E-state index < -0.39 is 4.92 Å². The summed E-state index contributed by atoms with van der Waals surface area (Å²) in [5.41, 5.74) is 1.52. The molecule has 4 rings (SSSR count). The number of fused-ring (bicyclic) bond motifs is 1. The van der Waals surface area contributed by atoms with Crippen LogP contribution in [-0.2, 0) is 4.79 Å². The van der Waals surface area contributed by atoms with Crippen LogP contribution < -0.4 is 19.5 Å². The molecular formula is C19H15N3O6S. The topological polar surface area (TPSA) is 113 Å². The average Bonchev–Trinajstić information content (AvgIpc) is 3.20. The highest BCUT2D eigenvalue weighted by molar-refractivity contribution is 7.14. The van der Waals surface area contributed by atoms with E-state index in [0.717, 1.165) is 5.56 Å². The van der Waals surface area contributed by atoms with Gasteiger partial charge in [-0.05, 0) is 30.3 Å². The highest BCUT2D eigenvalue weighted by Gasteiger charge is 2.15. The number of thiazole rings is 1. The summed E-state index contributed by atoms with van der Waals surface area (Å²) in [6.07, 6.45) is 0. The van der Waals surface area contributed by atoms with E-state index in [2.05, 4.69) is 10.3 Å². The number of nitro groups is 1. The summed E-state index contributed by atoms with van der Waals surface area (Å²) in [6, 6.07) is 11.1. The standard InChI is InChI=1S/C19H15N3O6S/c23-18(10-28-14-4-2-13(3-5-14)22(24)25)21-19-20-15(11-29-19)12-1-6-16-17(9-12)27-8-7-26-16/h1-6,9,11H,7-8,10H2,(H,20,21,23). The number of rotatable bonds is 6. The summed E-state index contributed by atoms with van der Waals surface area (Å²) in [7, 11) is 0. The van der Waals surface area contributed by atoms with Crippen molar-refractivity contribution >= 4 is 28.1 Å². The number of amides is 1. The lowest BCUT2D eigenvalue weighted by Gasteiger charge is -2.18. The lowest BCUT2D eigenvalue weighted by Crippen LogP contribution is -2.20. The molecule has 0 bridgehead atoms. The second kappa shape index (κ2) is 8.15. The number of aromatic nitrogens is 1. The zero-order valence-electron chi connectivity index (χ0n) is 15.0. The van der Waals surface area contributed by atoms with Crippen molar-refractivity contribution in [1.29, 1.82) is 0 Å². The Morgan fingerprint density at radius 3 is 2.69 bits per heavy atom. The van der Waals surface area contributed by atoms with E-state index in [1.54, 1.807) is 0 Å². The van der Waals surface area contributed by atoms with Crippen molar-refractivity contribution in [2.75, 3.05) is 25.1 Å². The molecule has 29 heavy (non-hydrogen) atoms. The van der Waals surface area contributed by atoms with Crippen molar-refractivity contribution in [3.8, 4) is 28.5 Å². The predicted octanol–water partition coefficient (Wildman–Crippen LogP) is 3.51. The summed E-state index contributed by atoms with van der Waals surface area (Å²) in [4.78, 5) is 26.6. The molecule has 2 heterocycles. The molecule has 1 N–H and O–H groups in total. The lowest BCUT2D eigenvalue weighted by atomic mass is 10.1. The smallest absolute Gasteiger partial charge is 0.269 e. The largest absolute Gasteiger partial charge is 0.486 e. The van der Waals surface area contributed by atoms with Gasteiger partial charge in [0, 0.05) is 23.1 Å². The van der Waals surface area contributed by atoms with Crippen LogP contribution >= 0.6 is 11.3 Å². The van der Waals surface area contributed by atoms with Crippen LogP contribution in [0.15, 0.2) is 47.8 Å². The van der Waals surface area contributed by atoms with Gasteiger partial charge in [0.05, 0.1) is 10.6 Å². The first kappa shape index (κ1) is 18.7. The van der Waals surface area contributed by atoms with Gasteiger partial charge in [0.25, 0.3) is 11.6 Å². The minimum absolute atomic E-state index is 0.0451. The molecule has 0 unspecified atom stereocenters. The van der Waals surface area contributed by atoms with Crippen molar-refractivity contribution in [3.63, 3.8) is 0 Å². The first-order chi connectivity index (χ1) is 14.1. The van der Waals surface area contributed by atoms with Gasteiger partial charge < -0.3 is 14.2 Å². The molecule has 0 aliphatic carbocycles. The van der Waals surface area contributed by atoms with Crippen molar-refractivity contribution in [2.24, 2.45) is 0 Å². The Bertz CT molecular complexity index is 1050. The Morgan fingerprint density at radius 2 is 1.93 bits per heavy atom. The zero-order valence-corrected chi connectivity index (χ0v) is 15.8. The molecule has 0 saturated heterocycles. The molecule has 3 aromatic rings. The number of nitrogens with zero attached hydrogens (tertiary/aromatic N) is 2. The molecule has 0 radical (unpaired) electrons. The van der Waals surface area contributed by atoms with Gasteiger partial charge in [-0.3, -0.25) is 20.2 Å². The molecule has 0 spiro atoms. The van der Waals surface area contributed by atoms with Gasteiger partial charge in [0.1, 0.15) is 19.0 Å². The molecule has 0 atom stereocenters. The SMILES string of the molecule is O=C(COc1ccc([N+](=O)[O-])cc1)Nc1nc(-c2ccc3c(c2)OCCO3)cs1. The summed E-state index contributed by atoms with van der Waals surface area (Å²) in [6.45, 7) is 0.793. The molecule has 1 aromatic heterocycles. The highest BCUT2D eigenvalue weighted by atomic mass is 32.1. The first-order valence-electron chi connectivity index (χ1n) is 8.61. The Hall–Kier alpha value is -3.66. The third kappa shape index (κ3) is 4.43. The first-order valence-corrected chi connectivity index (χ1v) is 9.49. The maximum Gasteiger partial charge on any atom is 0.269 e. The molecule has 2 aromatic carbocycles. The van der Waals surface area contributed by atoms with Crippen LogP contribution in [0, 0.1) is 10.1 Å². The number of hydrogen-bond acceptors (Lipinski definition) is 8. The van der Waals surface area contributed by atoms with Crippen LogP contribution in [0.1, 0.15) is 0 Å². The molecule has 148 valence electrons. The van der Waals surface area contributed by atoms with Gasteiger partial charge in [-0.25, -0.2) is 4.98 Å². The average molecular weight is 413 g/mol. The minimum Gasteiger partial charge on any atom is -0.486 e. The van der Waals surface area contributed by atoms with E-state index >= 15 is 0 Å². The van der Waals surface area contributed by atoms with Gasteiger partial charge in [-0.1, -0.05) is 0 Å². The second-order valence-electron chi connectivity index (χ2n) is 5.98. The molecule has 10 heteroatoms. The van der Waals surface area contributed by atoms with E-state index in [4.69, 9.17) is 14.2 Å². The summed E-state index contributed by atoms with van der Waals surface area (Å²) < 4.78 is 16.4. The fourth-order valence-corrected chi connectivity index (χ4v) is 3.37. The lowest BCUT2D eigenvalue weighted by molar-refractivity contribution is -0.384. The molecule has 9 nitrogen and oxygen atoms in total. The van der Waals surface area contributed by atoms with Crippen LogP contribution in [0.25, 0.3) is 11.3 Å². The summed E-state index contributed by atoms with van der Waals surface area (Å²) >= 11 is 1.29. The van der Waals surface area contributed by atoms with Crippen molar-refractivity contribution < 1.29 is 23.9 Å². The van der Waals surface area contributed by atoms with Crippen molar-refractivity contribution in [3.05, 3.63) is 58.0 Å². The third-order valence-electron chi connectivity index (χ3n) is 4.01. The number of non-ortho nitro benzene ring substituents is 1. The van der Waals surface area contributed by atoms with E-state index in [9.17, 15) is 14.9 Å². The van der Waals surface area contributed by atoms with Gasteiger partial charge in [0.15, 0.2) is 23.2 Å². The second-order valence-corrected chi connectivity index (χ2v) is 6.84. The van der Waals surface area contributed by atoms with Crippen LogP contribution in [-0.4, -0.2) is 35.6 Å². The van der Waals surface area contributed by atoms with Crippen LogP contribution in [0.2, 0.25) is 0 Å². The van der Waals surface area contributed by atoms with Gasteiger partial charge in [-0.2, -0.15) is 0 Å². The van der Waals surface area contributed by atoms with Crippen molar-refractivity contribution in [1.82, 2.24) is 4.98 Å². The number of carbonyl (C=O) groups is 1. The number of benzene rings is 2. The van der Waals surface area contributed by atoms with E-state index in [1.807, 2.05) is 23.6 Å². The zero-order chi connectivity index (χ0) is 20.2. The van der Waals surface area contributed by atoms with E-state index in [1.165, 1.54) is 35.6 Å². The minimum atomic E-state index is -0.502. The van der Waals surface area contributed by atoms with E-state index in [-0.39, 0.29) is 18.2 Å². The number of anilines is 1. The maximum absolute atomic E-state index is 12.1. The molecule has 1 aliphatic heterocycles. The highest BCUT2D eigenvalue weighted by Crippen LogP contribution is 2.35. The van der Waals surface area contributed by atoms with Crippen molar-refractivity contribution in [2.45, 2.75) is 0 Å². The summed E-state index contributed by atoms with van der Waals surface area (Å²) in [5.74, 6) is 1.35. The predicted molar refractivity (Wildman–Crippen MR) is 106 cm³/mol. The third-order valence-corrected chi connectivity index (χ3v) is 4.76. The van der Waals surface area contributed by atoms with Gasteiger partial charge in [-0.15, -0.1) is 11.3 Å². The monoisotopic (exact) mass is 413 g/mol. The maximum atomic E-state index is 12.1. The fourth-order valence-electron chi connectivity index (χ4n) is 2.63.